The second-order valence-corrected chi connectivity index (χ2v) is 5.47. The zero-order chi connectivity index (χ0) is 14.5. The molecule has 0 aliphatic carbocycles. The number of rotatable bonds is 3. The first kappa shape index (κ1) is 15.3. The van der Waals surface area contributed by atoms with E-state index in [4.69, 9.17) is 22.9 Å². The minimum absolute atomic E-state index is 0.401. The molecule has 5 heteroatoms. The van der Waals surface area contributed by atoms with E-state index in [0.29, 0.717) is 23.7 Å². The number of carbonyl (C=O) groups is 1. The van der Waals surface area contributed by atoms with Crippen LogP contribution in [0.5, 0.6) is 0 Å². The Morgan fingerprint density at radius 3 is 2.68 bits per heavy atom. The standard InChI is InChI=1S/C14H17ClN2O2/c1-14(2,3)19-13(18)17-11-6-5-10(7-8-16-4)12(15)9-11/h5-6,9H,7-8H2,1-3H3,(H,17,18). The van der Waals surface area contributed by atoms with Gasteiger partial charge in [0.1, 0.15) is 5.60 Å². The van der Waals surface area contributed by atoms with Gasteiger partial charge in [-0.3, -0.25) is 5.32 Å². The van der Waals surface area contributed by atoms with Crippen molar-refractivity contribution in [2.75, 3.05) is 11.9 Å². The summed E-state index contributed by atoms with van der Waals surface area (Å²) in [6, 6.07) is 5.21. The molecule has 0 saturated carbocycles. The molecular weight excluding hydrogens is 264 g/mol. The van der Waals surface area contributed by atoms with Crippen LogP contribution in [0.25, 0.3) is 4.85 Å². The first-order chi connectivity index (χ1) is 8.81. The van der Waals surface area contributed by atoms with E-state index >= 15 is 0 Å². The summed E-state index contributed by atoms with van der Waals surface area (Å²) in [6.07, 6.45) is 0.0900. The van der Waals surface area contributed by atoms with Crippen LogP contribution in [0.4, 0.5) is 10.5 Å². The van der Waals surface area contributed by atoms with Gasteiger partial charge < -0.3 is 9.58 Å². The predicted octanol–water partition coefficient (Wildman–Crippen LogP) is 4.15. The average Bonchev–Trinajstić information content (AvgIpc) is 2.25. The molecule has 19 heavy (non-hydrogen) atoms. The maximum Gasteiger partial charge on any atom is 0.412 e. The number of halogens is 1. The van der Waals surface area contributed by atoms with Crippen molar-refractivity contribution < 1.29 is 9.53 Å². The first-order valence-electron chi connectivity index (χ1n) is 5.93. The Bertz CT molecular complexity index is 501. The van der Waals surface area contributed by atoms with E-state index in [1.54, 1.807) is 39.0 Å². The van der Waals surface area contributed by atoms with Crippen LogP contribution in [0.2, 0.25) is 5.02 Å². The van der Waals surface area contributed by atoms with Gasteiger partial charge in [0, 0.05) is 17.1 Å². The molecule has 1 rings (SSSR count). The molecule has 0 spiro atoms. The summed E-state index contributed by atoms with van der Waals surface area (Å²) >= 11 is 6.09. The van der Waals surface area contributed by atoms with Gasteiger partial charge in [0.05, 0.1) is 0 Å². The van der Waals surface area contributed by atoms with Crippen molar-refractivity contribution in [3.8, 4) is 0 Å². The maximum absolute atomic E-state index is 11.6. The van der Waals surface area contributed by atoms with Crippen molar-refractivity contribution >= 4 is 23.4 Å². The van der Waals surface area contributed by atoms with Crippen LogP contribution in [-0.4, -0.2) is 18.2 Å². The molecule has 0 bridgehead atoms. The van der Waals surface area contributed by atoms with Crippen LogP contribution < -0.4 is 5.32 Å². The van der Waals surface area contributed by atoms with Crippen LogP contribution in [0.1, 0.15) is 26.3 Å². The SMILES string of the molecule is [C-]#[N+]CCc1ccc(NC(=O)OC(C)(C)C)cc1Cl. The largest absolute Gasteiger partial charge is 0.444 e. The van der Waals surface area contributed by atoms with Gasteiger partial charge in [-0.2, -0.15) is 0 Å². The first-order valence-corrected chi connectivity index (χ1v) is 6.31. The van der Waals surface area contributed by atoms with E-state index in [2.05, 4.69) is 10.2 Å². The molecular formula is C14H17ClN2O2. The Kier molecular flexibility index (Phi) is 5.20. The molecule has 102 valence electrons. The number of ether oxygens (including phenoxy) is 1. The average molecular weight is 281 g/mol. The Hall–Kier alpha value is -1.73. The molecule has 0 fully saturated rings. The number of hydrogen-bond acceptors (Lipinski definition) is 2. The molecule has 0 saturated heterocycles. The number of benzene rings is 1. The third-order valence-corrected chi connectivity index (χ3v) is 2.54. The number of nitrogens with one attached hydrogen (secondary N) is 1. The Balaban J connectivity index is 2.69. The lowest BCUT2D eigenvalue weighted by molar-refractivity contribution is 0.0636. The Labute approximate surface area is 118 Å². The summed E-state index contributed by atoms with van der Waals surface area (Å²) in [5, 5.41) is 3.16. The second-order valence-electron chi connectivity index (χ2n) is 5.06. The van der Waals surface area contributed by atoms with Crippen molar-refractivity contribution in [2.45, 2.75) is 32.8 Å². The normalized spacial score (nSPS) is 10.7. The van der Waals surface area contributed by atoms with Gasteiger partial charge in [0.25, 0.3) is 0 Å². The van der Waals surface area contributed by atoms with Gasteiger partial charge in [-0.1, -0.05) is 17.7 Å². The molecule has 0 aromatic heterocycles. The second kappa shape index (κ2) is 6.44. The lowest BCUT2D eigenvalue weighted by Gasteiger charge is -2.19. The van der Waals surface area contributed by atoms with Gasteiger partial charge in [-0.05, 0) is 38.5 Å². The van der Waals surface area contributed by atoms with Gasteiger partial charge >= 0.3 is 6.09 Å². The Morgan fingerprint density at radius 2 is 2.16 bits per heavy atom. The molecule has 1 amide bonds. The van der Waals surface area contributed by atoms with E-state index in [9.17, 15) is 4.79 Å². The summed E-state index contributed by atoms with van der Waals surface area (Å²) in [5.74, 6) is 0. The molecule has 0 aliphatic rings. The highest BCUT2D eigenvalue weighted by atomic mass is 35.5. The Morgan fingerprint density at radius 1 is 1.47 bits per heavy atom. The van der Waals surface area contributed by atoms with Crippen LogP contribution in [0, 0.1) is 6.57 Å². The van der Waals surface area contributed by atoms with Gasteiger partial charge in [0.15, 0.2) is 0 Å². The third-order valence-electron chi connectivity index (χ3n) is 2.19. The topological polar surface area (TPSA) is 42.7 Å². The number of nitrogens with zero attached hydrogens (tertiary/aromatic N) is 1. The summed E-state index contributed by atoms with van der Waals surface area (Å²) < 4.78 is 5.14. The van der Waals surface area contributed by atoms with E-state index in [1.807, 2.05) is 0 Å². The highest BCUT2D eigenvalue weighted by Crippen LogP contribution is 2.22. The quantitative estimate of drug-likeness (QED) is 0.845. The van der Waals surface area contributed by atoms with E-state index in [1.165, 1.54) is 0 Å². The van der Waals surface area contributed by atoms with E-state index < -0.39 is 11.7 Å². The molecule has 0 radical (unpaired) electrons. The number of amides is 1. The monoisotopic (exact) mass is 280 g/mol. The highest BCUT2D eigenvalue weighted by molar-refractivity contribution is 6.31. The van der Waals surface area contributed by atoms with Crippen LogP contribution in [0.15, 0.2) is 18.2 Å². The number of carbonyl (C=O) groups excluding carboxylic acids is 1. The van der Waals surface area contributed by atoms with Crippen molar-refractivity contribution in [1.82, 2.24) is 0 Å². The van der Waals surface area contributed by atoms with Crippen molar-refractivity contribution in [2.24, 2.45) is 0 Å². The predicted molar refractivity (Wildman–Crippen MR) is 76.5 cm³/mol. The lowest BCUT2D eigenvalue weighted by atomic mass is 10.1. The minimum Gasteiger partial charge on any atom is -0.444 e. The lowest BCUT2D eigenvalue weighted by Crippen LogP contribution is -2.27. The zero-order valence-electron chi connectivity index (χ0n) is 11.3. The number of hydrogen-bond donors (Lipinski definition) is 1. The smallest absolute Gasteiger partial charge is 0.412 e. The molecule has 0 aliphatic heterocycles. The summed E-state index contributed by atoms with van der Waals surface area (Å²) in [5.41, 5.74) is 0.932. The number of anilines is 1. The fourth-order valence-electron chi connectivity index (χ4n) is 1.43. The van der Waals surface area contributed by atoms with Crippen molar-refractivity contribution in [1.29, 1.82) is 0 Å². The van der Waals surface area contributed by atoms with Gasteiger partial charge in [-0.15, -0.1) is 0 Å². The van der Waals surface area contributed by atoms with Crippen molar-refractivity contribution in [3.63, 3.8) is 0 Å². The summed E-state index contributed by atoms with van der Waals surface area (Å²) in [7, 11) is 0. The maximum atomic E-state index is 11.6. The molecule has 0 unspecified atom stereocenters. The van der Waals surface area contributed by atoms with Gasteiger partial charge in [-0.25, -0.2) is 11.4 Å². The third kappa shape index (κ3) is 5.62. The molecule has 0 heterocycles. The van der Waals surface area contributed by atoms with E-state index in [0.717, 1.165) is 5.56 Å². The molecule has 1 N–H and O–H groups in total. The molecule has 4 nitrogen and oxygen atoms in total. The fourth-order valence-corrected chi connectivity index (χ4v) is 1.70. The van der Waals surface area contributed by atoms with Gasteiger partial charge in [0.2, 0.25) is 6.54 Å². The zero-order valence-corrected chi connectivity index (χ0v) is 12.0. The van der Waals surface area contributed by atoms with Crippen molar-refractivity contribution in [3.05, 3.63) is 40.2 Å². The van der Waals surface area contributed by atoms with Crippen LogP contribution in [0.3, 0.4) is 0 Å². The molecule has 1 aromatic rings. The summed E-state index contributed by atoms with van der Waals surface area (Å²) in [6.45, 7) is 12.5. The highest BCUT2D eigenvalue weighted by Gasteiger charge is 2.16. The van der Waals surface area contributed by atoms with Crippen LogP contribution in [-0.2, 0) is 11.2 Å². The van der Waals surface area contributed by atoms with E-state index in [-0.39, 0.29) is 0 Å². The minimum atomic E-state index is -0.538. The fraction of sp³-hybridized carbons (Fsp3) is 0.429. The summed E-state index contributed by atoms with van der Waals surface area (Å²) in [4.78, 5) is 14.9. The van der Waals surface area contributed by atoms with Crippen LogP contribution >= 0.6 is 11.6 Å². The molecule has 1 aromatic carbocycles. The molecule has 0 atom stereocenters.